The van der Waals surface area contributed by atoms with E-state index in [0.29, 0.717) is 23.4 Å². The Hall–Kier alpha value is -2.22. The number of benzene rings is 1. The van der Waals surface area contributed by atoms with E-state index in [9.17, 15) is 13.6 Å². The van der Waals surface area contributed by atoms with Gasteiger partial charge in [-0.05, 0) is 30.9 Å². The third kappa shape index (κ3) is 4.69. The Labute approximate surface area is 155 Å². The third-order valence-corrected chi connectivity index (χ3v) is 5.10. The van der Waals surface area contributed by atoms with Gasteiger partial charge in [0.15, 0.2) is 0 Å². The van der Waals surface area contributed by atoms with Gasteiger partial charge in [-0.3, -0.25) is 4.79 Å². The van der Waals surface area contributed by atoms with Crippen molar-refractivity contribution in [2.75, 3.05) is 23.3 Å². The number of amides is 1. The van der Waals surface area contributed by atoms with Crippen molar-refractivity contribution < 1.29 is 13.6 Å². The summed E-state index contributed by atoms with van der Waals surface area (Å²) < 4.78 is 25.3. The molecule has 1 aliphatic rings. The molecule has 0 aliphatic carbocycles. The number of aromatic nitrogens is 2. The lowest BCUT2D eigenvalue weighted by Gasteiger charge is -2.30. The fourth-order valence-corrected chi connectivity index (χ4v) is 3.45. The number of carbonyl (C=O) groups excluding carboxylic acids is 1. The summed E-state index contributed by atoms with van der Waals surface area (Å²) in [6.45, 7) is 4.08. The first-order chi connectivity index (χ1) is 12.5. The van der Waals surface area contributed by atoms with Crippen molar-refractivity contribution in [3.63, 3.8) is 0 Å². The quantitative estimate of drug-likeness (QED) is 0.787. The normalized spacial score (nSPS) is 15.3. The average molecular weight is 378 g/mol. The summed E-state index contributed by atoms with van der Waals surface area (Å²) in [7, 11) is 0. The van der Waals surface area contributed by atoms with E-state index in [2.05, 4.69) is 27.1 Å². The Kier molecular flexibility index (Phi) is 6.03. The molecule has 1 aromatic heterocycles. The van der Waals surface area contributed by atoms with Crippen LogP contribution in [0.1, 0.15) is 30.1 Å². The van der Waals surface area contributed by atoms with Crippen LogP contribution in [0, 0.1) is 5.92 Å². The summed E-state index contributed by atoms with van der Waals surface area (Å²) in [5, 5.41) is 2.67. The molecule has 0 saturated carbocycles. The number of alkyl halides is 2. The second kappa shape index (κ2) is 8.44. The standard InChI is InChI=1S/C18H20F2N4OS/c1-12-6-8-24(9-7-12)18-21-10-13(11-22-18)23-16(25)14-4-2-3-5-15(14)26-17(19)20/h2-5,10-12,17H,6-9H2,1H3,(H,23,25). The van der Waals surface area contributed by atoms with Crippen molar-refractivity contribution >= 4 is 29.3 Å². The Balaban J connectivity index is 1.67. The van der Waals surface area contributed by atoms with Crippen LogP contribution in [-0.2, 0) is 0 Å². The molecule has 0 bridgehead atoms. The highest BCUT2D eigenvalue weighted by atomic mass is 32.2. The second-order valence-corrected chi connectivity index (χ2v) is 7.30. The minimum Gasteiger partial charge on any atom is -0.341 e. The lowest BCUT2D eigenvalue weighted by molar-refractivity contribution is 0.102. The first-order valence-electron chi connectivity index (χ1n) is 8.45. The molecule has 5 nitrogen and oxygen atoms in total. The number of piperidine rings is 1. The molecule has 0 unspecified atom stereocenters. The van der Waals surface area contributed by atoms with E-state index in [1.54, 1.807) is 24.5 Å². The SMILES string of the molecule is CC1CCN(c2ncc(NC(=O)c3ccccc3SC(F)F)cn2)CC1. The van der Waals surface area contributed by atoms with Gasteiger partial charge in [0.05, 0.1) is 23.6 Å². The molecule has 0 spiro atoms. The molecule has 2 heterocycles. The summed E-state index contributed by atoms with van der Waals surface area (Å²) in [6.07, 6.45) is 5.31. The number of hydrogen-bond donors (Lipinski definition) is 1. The first kappa shape index (κ1) is 18.6. The van der Waals surface area contributed by atoms with Crippen molar-refractivity contribution in [3.05, 3.63) is 42.2 Å². The maximum absolute atomic E-state index is 12.6. The Morgan fingerprint density at radius 1 is 1.23 bits per heavy atom. The van der Waals surface area contributed by atoms with Crippen LogP contribution in [0.5, 0.6) is 0 Å². The molecule has 2 aromatic rings. The van der Waals surface area contributed by atoms with E-state index in [4.69, 9.17) is 0 Å². The number of halogens is 2. The maximum Gasteiger partial charge on any atom is 0.288 e. The van der Waals surface area contributed by atoms with Gasteiger partial charge in [0, 0.05) is 18.0 Å². The number of nitrogens with one attached hydrogen (secondary N) is 1. The monoisotopic (exact) mass is 378 g/mol. The Bertz CT molecular complexity index is 749. The van der Waals surface area contributed by atoms with Gasteiger partial charge in [-0.25, -0.2) is 9.97 Å². The van der Waals surface area contributed by atoms with Crippen LogP contribution < -0.4 is 10.2 Å². The van der Waals surface area contributed by atoms with Crippen molar-refractivity contribution in [2.45, 2.75) is 30.4 Å². The minimum absolute atomic E-state index is 0.201. The highest BCUT2D eigenvalue weighted by molar-refractivity contribution is 7.99. The van der Waals surface area contributed by atoms with Crippen LogP contribution in [0.3, 0.4) is 0 Å². The number of carbonyl (C=O) groups is 1. The van der Waals surface area contributed by atoms with Gasteiger partial charge in [-0.15, -0.1) is 0 Å². The summed E-state index contributed by atoms with van der Waals surface area (Å²) in [5.41, 5.74) is 0.632. The zero-order valence-electron chi connectivity index (χ0n) is 14.4. The highest BCUT2D eigenvalue weighted by Crippen LogP contribution is 2.29. The molecule has 1 fully saturated rings. The molecule has 8 heteroatoms. The average Bonchev–Trinajstić information content (AvgIpc) is 2.63. The Morgan fingerprint density at radius 2 is 1.88 bits per heavy atom. The first-order valence-corrected chi connectivity index (χ1v) is 9.33. The predicted octanol–water partition coefficient (Wildman–Crippen LogP) is 4.28. The molecule has 1 N–H and O–H groups in total. The van der Waals surface area contributed by atoms with Crippen molar-refractivity contribution in [3.8, 4) is 0 Å². The van der Waals surface area contributed by atoms with Gasteiger partial charge in [-0.1, -0.05) is 30.8 Å². The van der Waals surface area contributed by atoms with Crippen molar-refractivity contribution in [1.82, 2.24) is 9.97 Å². The number of hydrogen-bond acceptors (Lipinski definition) is 5. The van der Waals surface area contributed by atoms with Gasteiger partial charge in [0.2, 0.25) is 5.95 Å². The van der Waals surface area contributed by atoms with Gasteiger partial charge < -0.3 is 10.2 Å². The molecule has 138 valence electrons. The zero-order valence-corrected chi connectivity index (χ0v) is 15.2. The summed E-state index contributed by atoms with van der Waals surface area (Å²) in [6, 6.07) is 6.28. The molecule has 1 amide bonds. The van der Waals surface area contributed by atoms with E-state index in [1.807, 2.05) is 0 Å². The lowest BCUT2D eigenvalue weighted by Crippen LogP contribution is -2.34. The molecule has 0 atom stereocenters. The third-order valence-electron chi connectivity index (χ3n) is 4.31. The van der Waals surface area contributed by atoms with Crippen molar-refractivity contribution in [2.24, 2.45) is 5.92 Å². The van der Waals surface area contributed by atoms with E-state index in [1.165, 1.54) is 12.1 Å². The molecular weight excluding hydrogens is 358 g/mol. The van der Waals surface area contributed by atoms with Crippen LogP contribution in [0.25, 0.3) is 0 Å². The summed E-state index contributed by atoms with van der Waals surface area (Å²) in [4.78, 5) is 23.4. The number of anilines is 2. The van der Waals surface area contributed by atoms with E-state index in [0.717, 1.165) is 31.8 Å². The fourth-order valence-electron chi connectivity index (χ4n) is 2.81. The van der Waals surface area contributed by atoms with E-state index < -0.39 is 11.7 Å². The van der Waals surface area contributed by atoms with Crippen LogP contribution in [0.15, 0.2) is 41.6 Å². The lowest BCUT2D eigenvalue weighted by atomic mass is 10.00. The number of nitrogens with zero attached hydrogens (tertiary/aromatic N) is 3. The molecule has 3 rings (SSSR count). The van der Waals surface area contributed by atoms with Gasteiger partial charge in [0.25, 0.3) is 11.7 Å². The largest absolute Gasteiger partial charge is 0.341 e. The highest BCUT2D eigenvalue weighted by Gasteiger charge is 2.19. The minimum atomic E-state index is -2.58. The fraction of sp³-hybridized carbons (Fsp3) is 0.389. The molecule has 1 aliphatic heterocycles. The second-order valence-electron chi connectivity index (χ2n) is 6.27. The van der Waals surface area contributed by atoms with Crippen LogP contribution in [0.2, 0.25) is 0 Å². The summed E-state index contributed by atoms with van der Waals surface area (Å²) in [5.74, 6) is -1.68. The van der Waals surface area contributed by atoms with Gasteiger partial charge in [-0.2, -0.15) is 8.78 Å². The molecular formula is C18H20F2N4OS. The number of thioether (sulfide) groups is 1. The molecule has 26 heavy (non-hydrogen) atoms. The molecule has 0 radical (unpaired) electrons. The zero-order chi connectivity index (χ0) is 18.5. The van der Waals surface area contributed by atoms with Crippen LogP contribution in [0.4, 0.5) is 20.4 Å². The van der Waals surface area contributed by atoms with E-state index in [-0.39, 0.29) is 10.5 Å². The van der Waals surface area contributed by atoms with Crippen LogP contribution >= 0.6 is 11.8 Å². The summed E-state index contributed by atoms with van der Waals surface area (Å²) >= 11 is 0.353. The van der Waals surface area contributed by atoms with Gasteiger partial charge in [0.1, 0.15) is 0 Å². The Morgan fingerprint density at radius 3 is 2.54 bits per heavy atom. The predicted molar refractivity (Wildman–Crippen MR) is 98.9 cm³/mol. The number of rotatable bonds is 5. The van der Waals surface area contributed by atoms with E-state index >= 15 is 0 Å². The molecule has 1 saturated heterocycles. The van der Waals surface area contributed by atoms with Crippen molar-refractivity contribution in [1.29, 1.82) is 0 Å². The smallest absolute Gasteiger partial charge is 0.288 e. The van der Waals surface area contributed by atoms with Gasteiger partial charge >= 0.3 is 0 Å². The van der Waals surface area contributed by atoms with Crippen LogP contribution in [-0.4, -0.2) is 34.7 Å². The molecule has 1 aromatic carbocycles. The topological polar surface area (TPSA) is 58.1 Å². The maximum atomic E-state index is 12.6.